The smallest absolute Gasteiger partial charge is 0.271 e. The van der Waals surface area contributed by atoms with Crippen molar-refractivity contribution in [2.24, 2.45) is 0 Å². The Bertz CT molecular complexity index is 1200. The summed E-state index contributed by atoms with van der Waals surface area (Å²) in [6, 6.07) is 11.7. The van der Waals surface area contributed by atoms with Gasteiger partial charge in [0, 0.05) is 22.5 Å². The second-order valence-electron chi connectivity index (χ2n) is 8.13. The van der Waals surface area contributed by atoms with Gasteiger partial charge >= 0.3 is 0 Å². The number of methoxy groups -OCH3 is 1. The molecule has 1 aliphatic rings. The molecular weight excluding hydrogens is 509 g/mol. The van der Waals surface area contributed by atoms with Crippen LogP contribution in [0, 0.1) is 0 Å². The molecule has 0 unspecified atom stereocenters. The van der Waals surface area contributed by atoms with Gasteiger partial charge in [-0.15, -0.1) is 11.3 Å². The average Bonchev–Trinajstić information content (AvgIpc) is 3.33. The number of carbonyl (C=O) groups excluding carboxylic acids is 2. The van der Waals surface area contributed by atoms with Crippen LogP contribution in [0.15, 0.2) is 47.8 Å². The van der Waals surface area contributed by atoms with Crippen LogP contribution >= 0.6 is 34.5 Å². The fourth-order valence-corrected chi connectivity index (χ4v) is 5.18. The van der Waals surface area contributed by atoms with E-state index in [1.54, 1.807) is 24.6 Å². The largest absolute Gasteiger partial charge is 0.493 e. The number of benzene rings is 2. The van der Waals surface area contributed by atoms with Crippen LogP contribution in [0.4, 0.5) is 0 Å². The molecule has 2 aromatic carbocycles. The summed E-state index contributed by atoms with van der Waals surface area (Å²) >= 11 is 13.5. The van der Waals surface area contributed by atoms with Gasteiger partial charge in [0.2, 0.25) is 0 Å². The number of carbonyl (C=O) groups is 2. The first-order valence-electron chi connectivity index (χ1n) is 11.2. The van der Waals surface area contributed by atoms with E-state index in [1.165, 1.54) is 17.4 Å². The van der Waals surface area contributed by atoms with Crippen LogP contribution < -0.4 is 20.1 Å². The zero-order valence-electron chi connectivity index (χ0n) is 19.1. The lowest BCUT2D eigenvalue weighted by Gasteiger charge is -2.32. The first kappa shape index (κ1) is 25.3. The summed E-state index contributed by atoms with van der Waals surface area (Å²) in [5, 5.41) is 9.21. The second kappa shape index (κ2) is 11.7. The summed E-state index contributed by atoms with van der Waals surface area (Å²) in [5.74, 6) is 0.674. The molecule has 2 amide bonds. The first-order chi connectivity index (χ1) is 16.9. The van der Waals surface area contributed by atoms with Crippen molar-refractivity contribution in [2.75, 3.05) is 7.11 Å². The fourth-order valence-electron chi connectivity index (χ4n) is 4.00. The molecule has 35 heavy (non-hydrogen) atoms. The van der Waals surface area contributed by atoms with E-state index in [0.29, 0.717) is 32.8 Å². The van der Waals surface area contributed by atoms with Gasteiger partial charge in [0.25, 0.3) is 11.8 Å². The van der Waals surface area contributed by atoms with Gasteiger partial charge in [0.1, 0.15) is 17.3 Å². The van der Waals surface area contributed by atoms with Gasteiger partial charge in [-0.25, -0.2) is 4.98 Å². The number of halogens is 2. The van der Waals surface area contributed by atoms with Gasteiger partial charge in [0.15, 0.2) is 11.5 Å². The number of rotatable bonds is 8. The summed E-state index contributed by atoms with van der Waals surface area (Å²) in [4.78, 5) is 30.1. The van der Waals surface area contributed by atoms with Crippen LogP contribution in [0.2, 0.25) is 10.0 Å². The second-order valence-corrected chi connectivity index (χ2v) is 9.92. The van der Waals surface area contributed by atoms with Crippen molar-refractivity contribution in [3.8, 4) is 11.5 Å². The molecule has 184 valence electrons. The molecule has 4 rings (SSSR count). The highest BCUT2D eigenvalue weighted by Gasteiger charge is 2.29. The predicted molar refractivity (Wildman–Crippen MR) is 137 cm³/mol. The van der Waals surface area contributed by atoms with Gasteiger partial charge in [-0.2, -0.15) is 0 Å². The Hall–Kier alpha value is -2.81. The lowest BCUT2D eigenvalue weighted by Crippen LogP contribution is -2.53. The van der Waals surface area contributed by atoms with Gasteiger partial charge in [-0.3, -0.25) is 9.59 Å². The van der Waals surface area contributed by atoms with E-state index in [-0.39, 0.29) is 35.5 Å². The minimum absolute atomic E-state index is 0.207. The van der Waals surface area contributed by atoms with Crippen molar-refractivity contribution < 1.29 is 19.1 Å². The van der Waals surface area contributed by atoms with Gasteiger partial charge in [0.05, 0.1) is 17.7 Å². The summed E-state index contributed by atoms with van der Waals surface area (Å²) in [6.07, 6.45) is 3.46. The number of nitrogens with one attached hydrogen (secondary N) is 2. The van der Waals surface area contributed by atoms with Crippen LogP contribution in [-0.2, 0) is 6.61 Å². The Morgan fingerprint density at radius 3 is 2.40 bits per heavy atom. The number of thiazole rings is 1. The van der Waals surface area contributed by atoms with Crippen molar-refractivity contribution >= 4 is 46.4 Å². The maximum atomic E-state index is 12.9. The molecule has 0 radical (unpaired) electrons. The number of hydrogen-bond acceptors (Lipinski definition) is 6. The molecule has 7 nitrogen and oxygen atoms in total. The van der Waals surface area contributed by atoms with Gasteiger partial charge < -0.3 is 20.1 Å². The Morgan fingerprint density at radius 2 is 1.71 bits per heavy atom. The molecule has 3 aromatic rings. The van der Waals surface area contributed by atoms with Crippen LogP contribution in [0.25, 0.3) is 0 Å². The number of amides is 2. The molecule has 1 aromatic heterocycles. The predicted octanol–water partition coefficient (Wildman–Crippen LogP) is 5.51. The molecule has 2 atom stereocenters. The minimum Gasteiger partial charge on any atom is -0.493 e. The highest BCUT2D eigenvalue weighted by Crippen LogP contribution is 2.27. The number of ether oxygens (including phenoxy) is 2. The average molecular weight is 534 g/mol. The third kappa shape index (κ3) is 6.45. The van der Waals surface area contributed by atoms with Crippen LogP contribution in [-0.4, -0.2) is 36.0 Å². The molecule has 0 aliphatic heterocycles. The quantitative estimate of drug-likeness (QED) is 0.398. The molecule has 1 fully saturated rings. The molecule has 1 saturated carbocycles. The Kier molecular flexibility index (Phi) is 8.49. The van der Waals surface area contributed by atoms with E-state index in [1.807, 2.05) is 24.3 Å². The van der Waals surface area contributed by atoms with E-state index in [2.05, 4.69) is 15.6 Å². The number of aromatic nitrogens is 1. The van der Waals surface area contributed by atoms with Crippen LogP contribution in [0.3, 0.4) is 0 Å². The summed E-state index contributed by atoms with van der Waals surface area (Å²) in [5.41, 5.74) is 0.677. The molecule has 10 heteroatoms. The highest BCUT2D eigenvalue weighted by atomic mass is 35.5. The van der Waals surface area contributed by atoms with E-state index in [4.69, 9.17) is 32.7 Å². The SMILES string of the molecule is COc1ccccc1OCc1nc(C(=O)N[C@H]2CCCC[C@@H]2NC(=O)c2ccc(Cl)cc2Cl)cs1. The lowest BCUT2D eigenvalue weighted by molar-refractivity contribution is 0.0860. The number of nitrogens with zero attached hydrogens (tertiary/aromatic N) is 1. The Labute approximate surface area is 217 Å². The summed E-state index contributed by atoms with van der Waals surface area (Å²) in [6.45, 7) is 0.224. The van der Waals surface area contributed by atoms with E-state index in [9.17, 15) is 9.59 Å². The van der Waals surface area contributed by atoms with Gasteiger partial charge in [-0.05, 0) is 43.2 Å². The summed E-state index contributed by atoms with van der Waals surface area (Å²) in [7, 11) is 1.58. The monoisotopic (exact) mass is 533 g/mol. The fraction of sp³-hybridized carbons (Fsp3) is 0.320. The maximum Gasteiger partial charge on any atom is 0.271 e. The normalized spacial score (nSPS) is 17.5. The number of hydrogen-bond donors (Lipinski definition) is 2. The molecule has 0 bridgehead atoms. The van der Waals surface area contributed by atoms with Crippen molar-refractivity contribution in [3.63, 3.8) is 0 Å². The molecule has 0 saturated heterocycles. The molecule has 0 spiro atoms. The first-order valence-corrected chi connectivity index (χ1v) is 12.8. The molecule has 1 heterocycles. The van der Waals surface area contributed by atoms with E-state index >= 15 is 0 Å². The third-order valence-corrected chi connectivity index (χ3v) is 7.15. The minimum atomic E-state index is -0.290. The van der Waals surface area contributed by atoms with Crippen LogP contribution in [0.1, 0.15) is 51.5 Å². The topological polar surface area (TPSA) is 89.6 Å². The van der Waals surface area contributed by atoms with Crippen molar-refractivity contribution in [1.82, 2.24) is 15.6 Å². The standard InChI is InChI=1S/C25H25Cl2N3O4S/c1-33-21-8-4-5-9-22(21)34-13-23-28-20(14-35-23)25(32)30-19-7-3-2-6-18(19)29-24(31)16-11-10-15(26)12-17(16)27/h4-5,8-12,14,18-19H,2-3,6-7,13H2,1H3,(H,29,31)(H,30,32)/t18-,19-/m0/s1. The molecule has 2 N–H and O–H groups in total. The van der Waals surface area contributed by atoms with Crippen molar-refractivity contribution in [3.05, 3.63) is 74.2 Å². The van der Waals surface area contributed by atoms with Gasteiger partial charge in [-0.1, -0.05) is 48.2 Å². The lowest BCUT2D eigenvalue weighted by atomic mass is 9.90. The van der Waals surface area contributed by atoms with E-state index in [0.717, 1.165) is 25.7 Å². The van der Waals surface area contributed by atoms with Crippen molar-refractivity contribution in [1.29, 1.82) is 0 Å². The van der Waals surface area contributed by atoms with Crippen LogP contribution in [0.5, 0.6) is 11.5 Å². The Morgan fingerprint density at radius 1 is 1.03 bits per heavy atom. The molecule has 1 aliphatic carbocycles. The zero-order valence-corrected chi connectivity index (χ0v) is 21.4. The third-order valence-electron chi connectivity index (χ3n) is 5.78. The highest BCUT2D eigenvalue weighted by molar-refractivity contribution is 7.09. The maximum absolute atomic E-state index is 12.9. The zero-order chi connectivity index (χ0) is 24.8. The number of para-hydroxylation sites is 2. The summed E-state index contributed by atoms with van der Waals surface area (Å²) < 4.78 is 11.1. The Balaban J connectivity index is 1.36. The van der Waals surface area contributed by atoms with E-state index < -0.39 is 0 Å². The van der Waals surface area contributed by atoms with Crippen molar-refractivity contribution in [2.45, 2.75) is 44.4 Å². The molecular formula is C25H25Cl2N3O4S.